The van der Waals surface area contributed by atoms with E-state index in [9.17, 15) is 19.8 Å². The van der Waals surface area contributed by atoms with Crippen LogP contribution in [-0.4, -0.2) is 22.0 Å². The first-order valence-corrected chi connectivity index (χ1v) is 6.61. The number of carbonyl (C=O) groups is 2. The fourth-order valence-electron chi connectivity index (χ4n) is 2.77. The average Bonchev–Trinajstić information content (AvgIpc) is 2.46. The number of carbonyl (C=O) groups excluding carboxylic acids is 1. The van der Waals surface area contributed by atoms with Crippen LogP contribution in [0.1, 0.15) is 37.4 Å². The molecular weight excluding hydrogens is 244 g/mol. The minimum atomic E-state index is -1.22. The number of carboxylic acid groups (broad SMARTS) is 1. The fourth-order valence-corrected chi connectivity index (χ4v) is 2.77. The predicted molar refractivity (Wildman–Crippen MR) is 69.5 cm³/mol. The maximum Gasteiger partial charge on any atom is 0.307 e. The third kappa shape index (κ3) is 3.01. The first-order valence-electron chi connectivity index (χ1n) is 6.61. The highest BCUT2D eigenvalue weighted by atomic mass is 16.4. The van der Waals surface area contributed by atoms with Crippen molar-refractivity contribution in [2.24, 2.45) is 11.8 Å². The van der Waals surface area contributed by atoms with E-state index in [1.807, 2.05) is 0 Å². The molecule has 0 spiro atoms. The maximum atomic E-state index is 12.3. The smallest absolute Gasteiger partial charge is 0.307 e. The van der Waals surface area contributed by atoms with Crippen molar-refractivity contribution < 1.29 is 19.8 Å². The minimum absolute atomic E-state index is 0.363. The molecule has 2 N–H and O–H groups in total. The number of benzene rings is 1. The summed E-state index contributed by atoms with van der Waals surface area (Å²) in [6.45, 7) is 0. The van der Waals surface area contributed by atoms with Crippen LogP contribution >= 0.6 is 0 Å². The minimum Gasteiger partial charge on any atom is -0.481 e. The lowest BCUT2D eigenvalue weighted by molar-refractivity contribution is -0.150. The predicted octanol–water partition coefficient (Wildman–Crippen LogP) is 2.18. The Bertz CT molecular complexity index is 454. The summed E-state index contributed by atoms with van der Waals surface area (Å²) in [5, 5.41) is 19.3. The number of carboxylic acids is 1. The van der Waals surface area contributed by atoms with E-state index in [-0.39, 0.29) is 5.78 Å². The maximum absolute atomic E-state index is 12.3. The molecule has 0 saturated heterocycles. The van der Waals surface area contributed by atoms with Gasteiger partial charge in [-0.05, 0) is 18.4 Å². The summed E-state index contributed by atoms with van der Waals surface area (Å²) >= 11 is 0. The summed E-state index contributed by atoms with van der Waals surface area (Å²) in [4.78, 5) is 23.5. The quantitative estimate of drug-likeness (QED) is 0.872. The average molecular weight is 262 g/mol. The normalized spacial score (nSPS) is 24.7. The molecule has 2 rings (SSSR count). The van der Waals surface area contributed by atoms with Crippen LogP contribution in [0.25, 0.3) is 0 Å². The van der Waals surface area contributed by atoms with Crippen molar-refractivity contribution in [2.45, 2.75) is 31.8 Å². The Kier molecular flexibility index (Phi) is 4.32. The second-order valence-corrected chi connectivity index (χ2v) is 5.05. The summed E-state index contributed by atoms with van der Waals surface area (Å²) in [7, 11) is 0. The van der Waals surface area contributed by atoms with Crippen LogP contribution < -0.4 is 0 Å². The van der Waals surface area contributed by atoms with E-state index in [4.69, 9.17) is 0 Å². The number of ketones is 1. The van der Waals surface area contributed by atoms with Crippen molar-refractivity contribution in [3.8, 4) is 0 Å². The lowest BCUT2D eigenvalue weighted by atomic mass is 9.75. The first-order chi connectivity index (χ1) is 9.11. The SMILES string of the molecule is O=C(O)C1CCCCC1C(=O)C(O)c1ccccc1. The van der Waals surface area contributed by atoms with Gasteiger partial charge in [0, 0.05) is 5.92 Å². The summed E-state index contributed by atoms with van der Waals surface area (Å²) < 4.78 is 0. The van der Waals surface area contributed by atoms with E-state index in [1.165, 1.54) is 0 Å². The molecule has 1 aromatic rings. The van der Waals surface area contributed by atoms with Gasteiger partial charge in [-0.3, -0.25) is 9.59 Å². The van der Waals surface area contributed by atoms with E-state index in [0.29, 0.717) is 18.4 Å². The summed E-state index contributed by atoms with van der Waals surface area (Å²) in [5.74, 6) is -2.52. The first kappa shape index (κ1) is 13.7. The molecule has 3 atom stereocenters. The van der Waals surface area contributed by atoms with Gasteiger partial charge in [0.05, 0.1) is 5.92 Å². The zero-order valence-corrected chi connectivity index (χ0v) is 10.7. The number of aliphatic hydroxyl groups excluding tert-OH is 1. The van der Waals surface area contributed by atoms with Gasteiger partial charge in [0.15, 0.2) is 5.78 Å². The van der Waals surface area contributed by atoms with Gasteiger partial charge in [-0.15, -0.1) is 0 Å². The van der Waals surface area contributed by atoms with Gasteiger partial charge in [-0.2, -0.15) is 0 Å². The zero-order valence-electron chi connectivity index (χ0n) is 10.7. The van der Waals surface area contributed by atoms with Gasteiger partial charge in [0.1, 0.15) is 6.10 Å². The molecule has 102 valence electrons. The van der Waals surface area contributed by atoms with E-state index in [0.717, 1.165) is 12.8 Å². The molecule has 0 heterocycles. The van der Waals surface area contributed by atoms with E-state index in [1.54, 1.807) is 30.3 Å². The molecule has 0 radical (unpaired) electrons. The van der Waals surface area contributed by atoms with Crippen LogP contribution in [0.4, 0.5) is 0 Å². The zero-order chi connectivity index (χ0) is 13.8. The van der Waals surface area contributed by atoms with Crippen molar-refractivity contribution >= 4 is 11.8 Å². The molecule has 4 heteroatoms. The van der Waals surface area contributed by atoms with Crippen molar-refractivity contribution in [1.82, 2.24) is 0 Å². The Balaban J connectivity index is 2.15. The van der Waals surface area contributed by atoms with Gasteiger partial charge in [0.25, 0.3) is 0 Å². The summed E-state index contributed by atoms with van der Waals surface area (Å²) in [6.07, 6.45) is 1.54. The number of Topliss-reactive ketones (excluding diaryl/α,β-unsaturated/α-hetero) is 1. The van der Waals surface area contributed by atoms with Crippen LogP contribution in [0.3, 0.4) is 0 Å². The number of aliphatic hydroxyl groups is 1. The largest absolute Gasteiger partial charge is 0.481 e. The van der Waals surface area contributed by atoms with Crippen molar-refractivity contribution in [2.75, 3.05) is 0 Å². The van der Waals surface area contributed by atoms with Crippen LogP contribution in [-0.2, 0) is 9.59 Å². The van der Waals surface area contributed by atoms with Gasteiger partial charge in [-0.25, -0.2) is 0 Å². The second-order valence-electron chi connectivity index (χ2n) is 5.05. The van der Waals surface area contributed by atoms with E-state index in [2.05, 4.69) is 0 Å². The highest BCUT2D eigenvalue weighted by molar-refractivity contribution is 5.90. The van der Waals surface area contributed by atoms with Crippen molar-refractivity contribution in [3.63, 3.8) is 0 Å². The van der Waals surface area contributed by atoms with Gasteiger partial charge in [0.2, 0.25) is 0 Å². The van der Waals surface area contributed by atoms with Crippen LogP contribution in [0.15, 0.2) is 30.3 Å². The van der Waals surface area contributed by atoms with Gasteiger partial charge in [-0.1, -0.05) is 43.2 Å². The number of hydrogen-bond donors (Lipinski definition) is 2. The van der Waals surface area contributed by atoms with E-state index >= 15 is 0 Å². The molecule has 1 saturated carbocycles. The molecule has 3 unspecified atom stereocenters. The van der Waals surface area contributed by atoms with Crippen molar-refractivity contribution in [1.29, 1.82) is 0 Å². The Labute approximate surface area is 112 Å². The lowest BCUT2D eigenvalue weighted by Gasteiger charge is -2.28. The summed E-state index contributed by atoms with van der Waals surface area (Å²) in [6, 6.07) is 8.67. The fraction of sp³-hybridized carbons (Fsp3) is 0.467. The van der Waals surface area contributed by atoms with Gasteiger partial charge >= 0.3 is 5.97 Å². The monoisotopic (exact) mass is 262 g/mol. The van der Waals surface area contributed by atoms with Crippen molar-refractivity contribution in [3.05, 3.63) is 35.9 Å². The summed E-state index contributed by atoms with van der Waals surface area (Å²) in [5.41, 5.74) is 0.530. The van der Waals surface area contributed by atoms with E-state index < -0.39 is 23.9 Å². The Morgan fingerprint density at radius 3 is 2.21 bits per heavy atom. The Morgan fingerprint density at radius 1 is 1.05 bits per heavy atom. The number of rotatable bonds is 4. The van der Waals surface area contributed by atoms with Gasteiger partial charge < -0.3 is 10.2 Å². The molecule has 0 bridgehead atoms. The third-order valence-corrected chi connectivity index (χ3v) is 3.83. The molecule has 0 aliphatic heterocycles. The van der Waals surface area contributed by atoms with Crippen LogP contribution in [0.2, 0.25) is 0 Å². The molecule has 0 amide bonds. The standard InChI is InChI=1S/C15H18O4/c16-13(10-6-2-1-3-7-10)14(17)11-8-4-5-9-12(11)15(18)19/h1-3,6-7,11-13,16H,4-5,8-9H2,(H,18,19). The molecule has 0 aromatic heterocycles. The molecular formula is C15H18O4. The Morgan fingerprint density at radius 2 is 1.63 bits per heavy atom. The molecule has 1 aliphatic rings. The number of hydrogen-bond acceptors (Lipinski definition) is 3. The molecule has 4 nitrogen and oxygen atoms in total. The second kappa shape index (κ2) is 5.97. The highest BCUT2D eigenvalue weighted by Gasteiger charge is 2.38. The molecule has 1 fully saturated rings. The van der Waals surface area contributed by atoms with Crippen LogP contribution in [0, 0.1) is 11.8 Å². The Hall–Kier alpha value is -1.68. The third-order valence-electron chi connectivity index (χ3n) is 3.83. The van der Waals surface area contributed by atoms with Crippen LogP contribution in [0.5, 0.6) is 0 Å². The topological polar surface area (TPSA) is 74.6 Å². The molecule has 1 aliphatic carbocycles. The molecule has 19 heavy (non-hydrogen) atoms. The highest BCUT2D eigenvalue weighted by Crippen LogP contribution is 2.34. The number of aliphatic carboxylic acids is 1. The lowest BCUT2D eigenvalue weighted by Crippen LogP contribution is -2.35. The molecule has 1 aromatic carbocycles.